The van der Waals surface area contributed by atoms with Crippen molar-refractivity contribution in [2.45, 2.75) is 31.3 Å². The number of carbonyl (C=O) groups excluding carboxylic acids is 2. The smallest absolute Gasteiger partial charge is 0.268 e. The van der Waals surface area contributed by atoms with Crippen LogP contribution in [0, 0.1) is 5.92 Å². The lowest BCUT2D eigenvalue weighted by Gasteiger charge is -2.33. The van der Waals surface area contributed by atoms with E-state index in [-0.39, 0.29) is 5.78 Å². The monoisotopic (exact) mass is 321 g/mol. The summed E-state index contributed by atoms with van der Waals surface area (Å²) in [5, 5.41) is 11.4. The summed E-state index contributed by atoms with van der Waals surface area (Å²) in [4.78, 5) is 27.2. The van der Waals surface area contributed by atoms with E-state index >= 15 is 0 Å². The van der Waals surface area contributed by atoms with Gasteiger partial charge in [-0.1, -0.05) is 42.8 Å². The number of amides is 1. The lowest BCUT2D eigenvalue weighted by Crippen LogP contribution is -2.48. The summed E-state index contributed by atoms with van der Waals surface area (Å²) >= 11 is 0. The lowest BCUT2D eigenvalue weighted by molar-refractivity contribution is -0.151. The van der Waals surface area contributed by atoms with Crippen molar-refractivity contribution < 1.29 is 14.7 Å². The van der Waals surface area contributed by atoms with Gasteiger partial charge < -0.3 is 5.11 Å². The third-order valence-corrected chi connectivity index (χ3v) is 5.16. The molecule has 4 nitrogen and oxygen atoms in total. The van der Waals surface area contributed by atoms with E-state index in [9.17, 15) is 14.7 Å². The lowest BCUT2D eigenvalue weighted by atomic mass is 9.73. The van der Waals surface area contributed by atoms with E-state index in [0.717, 1.165) is 12.8 Å². The maximum atomic E-state index is 13.3. The Hall–Kier alpha value is -2.46. The van der Waals surface area contributed by atoms with Crippen molar-refractivity contribution in [2.24, 2.45) is 5.92 Å². The number of nitrogens with zero attached hydrogens (tertiary/aromatic N) is 1. The van der Waals surface area contributed by atoms with Gasteiger partial charge in [-0.05, 0) is 31.0 Å². The second kappa shape index (κ2) is 5.56. The molecule has 0 aromatic heterocycles. The highest BCUT2D eigenvalue weighted by Gasteiger charge is 2.57. The van der Waals surface area contributed by atoms with Crippen molar-refractivity contribution in [1.29, 1.82) is 0 Å². The number of rotatable bonds is 2. The van der Waals surface area contributed by atoms with Gasteiger partial charge in [0.15, 0.2) is 5.60 Å². The van der Waals surface area contributed by atoms with Crippen molar-refractivity contribution in [1.82, 2.24) is 0 Å². The highest BCUT2D eigenvalue weighted by Crippen LogP contribution is 2.50. The zero-order valence-electron chi connectivity index (χ0n) is 13.3. The number of hydrogen-bond donors (Lipinski definition) is 1. The second-order valence-electron chi connectivity index (χ2n) is 6.52. The predicted octanol–water partition coefficient (Wildman–Crippen LogP) is 3.31. The number of anilines is 2. The first kappa shape index (κ1) is 15.1. The summed E-state index contributed by atoms with van der Waals surface area (Å²) in [6.07, 6.45) is 2.69. The molecular weight excluding hydrogens is 302 g/mol. The number of para-hydroxylation sites is 2. The molecule has 2 aromatic rings. The summed E-state index contributed by atoms with van der Waals surface area (Å²) in [5.41, 5.74) is 0.145. The van der Waals surface area contributed by atoms with Gasteiger partial charge in [0.1, 0.15) is 5.78 Å². The van der Waals surface area contributed by atoms with Crippen molar-refractivity contribution in [3.05, 3.63) is 60.2 Å². The first-order chi connectivity index (χ1) is 11.6. The number of carbonyl (C=O) groups is 2. The molecule has 1 N–H and O–H groups in total. The highest BCUT2D eigenvalue weighted by molar-refractivity contribution is 6.13. The van der Waals surface area contributed by atoms with Gasteiger partial charge in [-0.25, -0.2) is 0 Å². The van der Waals surface area contributed by atoms with Crippen molar-refractivity contribution in [3.8, 4) is 0 Å². The molecule has 4 heteroatoms. The Morgan fingerprint density at radius 3 is 2.42 bits per heavy atom. The third kappa shape index (κ3) is 2.03. The van der Waals surface area contributed by atoms with Gasteiger partial charge >= 0.3 is 0 Å². The molecule has 1 fully saturated rings. The minimum absolute atomic E-state index is 0.0122. The average molecular weight is 321 g/mol. The van der Waals surface area contributed by atoms with E-state index in [1.54, 1.807) is 12.1 Å². The highest BCUT2D eigenvalue weighted by atomic mass is 16.3. The molecule has 1 aliphatic heterocycles. The van der Waals surface area contributed by atoms with Gasteiger partial charge in [0.05, 0.1) is 11.6 Å². The molecule has 0 spiro atoms. The standard InChI is InChI=1S/C20H19NO3/c22-18-13-7-5-11-16(18)20(24)15-10-4-6-12-17(15)21(19(20)23)14-8-2-1-3-9-14/h1-4,6,8-10,12,16,24H,5,7,11,13H2/t16?,20-/m0/s1. The fraction of sp³-hybridized carbons (Fsp3) is 0.300. The molecule has 24 heavy (non-hydrogen) atoms. The van der Waals surface area contributed by atoms with Gasteiger partial charge in [-0.15, -0.1) is 0 Å². The van der Waals surface area contributed by atoms with E-state index < -0.39 is 17.4 Å². The molecule has 122 valence electrons. The molecule has 0 radical (unpaired) electrons. The average Bonchev–Trinajstić information content (AvgIpc) is 2.85. The van der Waals surface area contributed by atoms with Crippen LogP contribution in [0.5, 0.6) is 0 Å². The Kier molecular flexibility index (Phi) is 3.50. The van der Waals surface area contributed by atoms with Crippen LogP contribution in [0.25, 0.3) is 0 Å². The summed E-state index contributed by atoms with van der Waals surface area (Å²) in [6.45, 7) is 0. The van der Waals surface area contributed by atoms with Gasteiger partial charge in [-0.3, -0.25) is 14.5 Å². The van der Waals surface area contributed by atoms with Gasteiger partial charge in [0.2, 0.25) is 0 Å². The van der Waals surface area contributed by atoms with Crippen LogP contribution in [0.4, 0.5) is 11.4 Å². The second-order valence-corrected chi connectivity index (χ2v) is 6.52. The molecule has 1 heterocycles. The zero-order chi connectivity index (χ0) is 16.7. The molecule has 4 rings (SSSR count). The number of Topliss-reactive ketones (excluding diaryl/α,β-unsaturated/α-hetero) is 1. The molecular formula is C20H19NO3. The fourth-order valence-corrected chi connectivity index (χ4v) is 3.98. The van der Waals surface area contributed by atoms with Crippen molar-refractivity contribution in [2.75, 3.05) is 4.90 Å². The molecule has 1 unspecified atom stereocenters. The van der Waals surface area contributed by atoms with Crippen LogP contribution in [0.15, 0.2) is 54.6 Å². The largest absolute Gasteiger partial charge is 0.375 e. The Morgan fingerprint density at radius 2 is 1.67 bits per heavy atom. The number of benzene rings is 2. The van der Waals surface area contributed by atoms with Gasteiger partial charge in [-0.2, -0.15) is 0 Å². The van der Waals surface area contributed by atoms with Crippen LogP contribution in [0.3, 0.4) is 0 Å². The zero-order valence-corrected chi connectivity index (χ0v) is 13.3. The minimum atomic E-state index is -1.76. The van der Waals surface area contributed by atoms with Crippen molar-refractivity contribution in [3.63, 3.8) is 0 Å². The summed E-state index contributed by atoms with van der Waals surface area (Å²) in [7, 11) is 0. The van der Waals surface area contributed by atoms with E-state index in [4.69, 9.17) is 0 Å². The Balaban J connectivity index is 1.88. The molecule has 0 bridgehead atoms. The van der Waals surface area contributed by atoms with E-state index in [2.05, 4.69) is 0 Å². The SMILES string of the molecule is O=C1CCCCC1[C@]1(O)C(=O)N(c2ccccc2)c2ccccc21. The molecule has 2 aromatic carbocycles. The molecule has 1 amide bonds. The van der Waals surface area contributed by atoms with Crippen molar-refractivity contribution >= 4 is 23.1 Å². The molecule has 2 aliphatic rings. The van der Waals surface area contributed by atoms with Crippen LogP contribution in [0.1, 0.15) is 31.2 Å². The van der Waals surface area contributed by atoms with Crippen LogP contribution in [0.2, 0.25) is 0 Å². The van der Waals surface area contributed by atoms with Crippen LogP contribution < -0.4 is 4.90 Å². The van der Waals surface area contributed by atoms with Crippen LogP contribution in [-0.2, 0) is 15.2 Å². The predicted molar refractivity (Wildman–Crippen MR) is 90.9 cm³/mol. The number of hydrogen-bond acceptors (Lipinski definition) is 3. The fourth-order valence-electron chi connectivity index (χ4n) is 3.98. The van der Waals surface area contributed by atoms with E-state index in [1.165, 1.54) is 4.90 Å². The normalized spacial score (nSPS) is 26.5. The van der Waals surface area contributed by atoms with Crippen LogP contribution in [-0.4, -0.2) is 16.8 Å². The Bertz CT molecular complexity index is 802. The molecule has 1 aliphatic carbocycles. The summed E-state index contributed by atoms with van der Waals surface area (Å²) < 4.78 is 0. The topological polar surface area (TPSA) is 57.6 Å². The first-order valence-corrected chi connectivity index (χ1v) is 8.38. The molecule has 0 saturated heterocycles. The third-order valence-electron chi connectivity index (χ3n) is 5.16. The Morgan fingerprint density at radius 1 is 0.958 bits per heavy atom. The van der Waals surface area contributed by atoms with Gasteiger partial charge in [0.25, 0.3) is 5.91 Å². The molecule has 1 saturated carbocycles. The Labute approximate surface area is 140 Å². The summed E-state index contributed by atoms with van der Waals surface area (Å²) in [6, 6.07) is 16.5. The maximum absolute atomic E-state index is 13.3. The van der Waals surface area contributed by atoms with E-state index in [0.29, 0.717) is 29.8 Å². The first-order valence-electron chi connectivity index (χ1n) is 8.38. The van der Waals surface area contributed by atoms with E-state index in [1.807, 2.05) is 42.5 Å². The number of aliphatic hydroxyl groups is 1. The summed E-state index contributed by atoms with van der Waals surface area (Å²) in [5.74, 6) is -1.09. The number of fused-ring (bicyclic) bond motifs is 1. The quantitative estimate of drug-likeness (QED) is 0.923. The maximum Gasteiger partial charge on any atom is 0.268 e. The molecule has 2 atom stereocenters. The van der Waals surface area contributed by atoms with Gasteiger partial charge in [0, 0.05) is 17.7 Å². The van der Waals surface area contributed by atoms with Crippen LogP contribution >= 0.6 is 0 Å². The minimum Gasteiger partial charge on any atom is -0.375 e. The number of ketones is 1.